The predicted octanol–water partition coefficient (Wildman–Crippen LogP) is 3.42. The maximum absolute atomic E-state index is 12.3. The normalized spacial score (nSPS) is 12.4. The maximum atomic E-state index is 12.3. The van der Waals surface area contributed by atoms with Crippen molar-refractivity contribution in [2.75, 3.05) is 12.1 Å². The first-order chi connectivity index (χ1) is 13.1. The van der Waals surface area contributed by atoms with Gasteiger partial charge >= 0.3 is 0 Å². The van der Waals surface area contributed by atoms with E-state index in [1.165, 1.54) is 6.20 Å². The van der Waals surface area contributed by atoms with Crippen LogP contribution in [0.4, 0.5) is 5.69 Å². The number of nitrogens with one attached hydrogen (secondary N) is 2. The van der Waals surface area contributed by atoms with E-state index in [2.05, 4.69) is 17.6 Å². The number of rotatable bonds is 6. The molecule has 2 N–H and O–H groups in total. The molecule has 0 saturated heterocycles. The van der Waals surface area contributed by atoms with Crippen LogP contribution in [0.5, 0.6) is 11.5 Å². The van der Waals surface area contributed by atoms with Crippen LogP contribution >= 0.6 is 0 Å². The zero-order chi connectivity index (χ0) is 19.2. The van der Waals surface area contributed by atoms with Gasteiger partial charge in [0.15, 0.2) is 11.5 Å². The van der Waals surface area contributed by atoms with Gasteiger partial charge in [-0.05, 0) is 42.2 Å². The first kappa shape index (κ1) is 18.3. The van der Waals surface area contributed by atoms with E-state index in [4.69, 9.17) is 9.47 Å². The molecule has 0 bridgehead atoms. The molecule has 0 atom stereocenters. The highest BCUT2D eigenvalue weighted by Crippen LogP contribution is 2.32. The second kappa shape index (κ2) is 8.28. The number of para-hydroxylation sites is 1. The Morgan fingerprint density at radius 3 is 2.85 bits per heavy atom. The van der Waals surface area contributed by atoms with Crippen molar-refractivity contribution in [1.82, 2.24) is 5.32 Å². The number of amides is 1. The molecule has 0 aromatic heterocycles. The van der Waals surface area contributed by atoms with Crippen LogP contribution in [0, 0.1) is 18.3 Å². The molecule has 138 valence electrons. The van der Waals surface area contributed by atoms with Crippen molar-refractivity contribution >= 4 is 11.6 Å². The van der Waals surface area contributed by atoms with Gasteiger partial charge in [-0.1, -0.05) is 31.2 Å². The van der Waals surface area contributed by atoms with Gasteiger partial charge in [0.05, 0.1) is 0 Å². The molecular formula is C21H21N3O3. The Balaban J connectivity index is 1.66. The monoisotopic (exact) mass is 363 g/mol. The number of hydrogen-bond donors (Lipinski definition) is 2. The van der Waals surface area contributed by atoms with Crippen LogP contribution in [0.3, 0.4) is 0 Å². The minimum absolute atomic E-state index is 0.0149. The quantitative estimate of drug-likeness (QED) is 0.607. The van der Waals surface area contributed by atoms with E-state index in [0.29, 0.717) is 18.0 Å². The number of benzene rings is 2. The van der Waals surface area contributed by atoms with Gasteiger partial charge < -0.3 is 20.1 Å². The van der Waals surface area contributed by atoms with E-state index in [9.17, 15) is 10.1 Å². The van der Waals surface area contributed by atoms with Crippen molar-refractivity contribution in [3.05, 3.63) is 64.9 Å². The van der Waals surface area contributed by atoms with Crippen molar-refractivity contribution in [1.29, 1.82) is 5.26 Å². The maximum Gasteiger partial charge on any atom is 0.263 e. The van der Waals surface area contributed by atoms with Crippen molar-refractivity contribution in [2.24, 2.45) is 0 Å². The Hall–Kier alpha value is -3.46. The van der Waals surface area contributed by atoms with Crippen LogP contribution < -0.4 is 20.1 Å². The van der Waals surface area contributed by atoms with E-state index >= 15 is 0 Å². The fraction of sp³-hybridized carbons (Fsp3) is 0.238. The van der Waals surface area contributed by atoms with E-state index in [1.54, 1.807) is 6.07 Å². The smallest absolute Gasteiger partial charge is 0.263 e. The summed E-state index contributed by atoms with van der Waals surface area (Å²) in [5, 5.41) is 15.2. The number of fused-ring (bicyclic) bond motifs is 1. The first-order valence-corrected chi connectivity index (χ1v) is 8.74. The molecule has 2 aromatic carbocycles. The van der Waals surface area contributed by atoms with Gasteiger partial charge in [-0.2, -0.15) is 5.26 Å². The van der Waals surface area contributed by atoms with E-state index in [-0.39, 0.29) is 12.4 Å². The molecule has 1 aliphatic heterocycles. The highest BCUT2D eigenvalue weighted by molar-refractivity contribution is 5.97. The minimum Gasteiger partial charge on any atom is -0.454 e. The number of ether oxygens (including phenoxy) is 2. The molecule has 1 heterocycles. The van der Waals surface area contributed by atoms with Gasteiger partial charge in [-0.15, -0.1) is 0 Å². The van der Waals surface area contributed by atoms with E-state index in [0.717, 1.165) is 28.8 Å². The average Bonchev–Trinajstić information content (AvgIpc) is 3.15. The molecule has 3 rings (SSSR count). The summed E-state index contributed by atoms with van der Waals surface area (Å²) in [6.07, 6.45) is 2.31. The highest BCUT2D eigenvalue weighted by atomic mass is 16.7. The lowest BCUT2D eigenvalue weighted by atomic mass is 10.1. The van der Waals surface area contributed by atoms with Crippen molar-refractivity contribution in [3.63, 3.8) is 0 Å². The molecule has 27 heavy (non-hydrogen) atoms. The van der Waals surface area contributed by atoms with Crippen LogP contribution in [0.2, 0.25) is 0 Å². The summed E-state index contributed by atoms with van der Waals surface area (Å²) in [6, 6.07) is 13.4. The molecule has 2 aromatic rings. The molecule has 1 amide bonds. The van der Waals surface area contributed by atoms with E-state index in [1.807, 2.05) is 43.3 Å². The second-order valence-corrected chi connectivity index (χ2v) is 6.15. The summed E-state index contributed by atoms with van der Waals surface area (Å²) in [7, 11) is 0. The van der Waals surface area contributed by atoms with Crippen LogP contribution in [0.25, 0.3) is 0 Å². The largest absolute Gasteiger partial charge is 0.454 e. The summed E-state index contributed by atoms with van der Waals surface area (Å²) >= 11 is 0. The molecule has 1 aliphatic rings. The van der Waals surface area contributed by atoms with Crippen LogP contribution in [0.1, 0.15) is 23.6 Å². The molecule has 0 fully saturated rings. The zero-order valence-corrected chi connectivity index (χ0v) is 15.3. The van der Waals surface area contributed by atoms with Gasteiger partial charge in [-0.3, -0.25) is 4.79 Å². The summed E-state index contributed by atoms with van der Waals surface area (Å²) < 4.78 is 10.6. The van der Waals surface area contributed by atoms with Crippen molar-refractivity contribution < 1.29 is 14.3 Å². The molecule has 6 heteroatoms. The van der Waals surface area contributed by atoms with Gasteiger partial charge in [0.25, 0.3) is 5.91 Å². The summed E-state index contributed by atoms with van der Waals surface area (Å²) in [5.74, 6) is 0.914. The Bertz CT molecular complexity index is 929. The Labute approximate surface area is 158 Å². The number of carbonyl (C=O) groups excluding carboxylic acids is 1. The number of nitrogens with zero attached hydrogens (tertiary/aromatic N) is 1. The van der Waals surface area contributed by atoms with E-state index < -0.39 is 5.91 Å². The second-order valence-electron chi connectivity index (χ2n) is 6.15. The van der Waals surface area contributed by atoms with Crippen molar-refractivity contribution in [3.8, 4) is 17.6 Å². The Morgan fingerprint density at radius 1 is 1.26 bits per heavy atom. The molecule has 0 spiro atoms. The third-order valence-corrected chi connectivity index (χ3v) is 4.36. The van der Waals surface area contributed by atoms with Gasteiger partial charge in [0.2, 0.25) is 6.79 Å². The molecule has 6 nitrogen and oxygen atoms in total. The third-order valence-electron chi connectivity index (χ3n) is 4.36. The number of anilines is 1. The topological polar surface area (TPSA) is 83.4 Å². The third kappa shape index (κ3) is 4.21. The summed E-state index contributed by atoms with van der Waals surface area (Å²) in [5.41, 5.74) is 4.00. The lowest BCUT2D eigenvalue weighted by molar-refractivity contribution is -0.117. The summed E-state index contributed by atoms with van der Waals surface area (Å²) in [6.45, 7) is 4.55. The predicted molar refractivity (Wildman–Crippen MR) is 102 cm³/mol. The standard InChI is InChI=1S/C21H21N3O3/c1-3-16-6-4-5-14(2)20(16)23-12-17(10-22)21(25)24-11-15-7-8-18-19(9-15)27-13-26-18/h4-9,12,23H,3,11,13H2,1-2H3,(H,24,25)/b17-12-. The Morgan fingerprint density at radius 2 is 2.07 bits per heavy atom. The molecule has 0 radical (unpaired) electrons. The van der Waals surface area contributed by atoms with Crippen molar-refractivity contribution in [2.45, 2.75) is 26.8 Å². The van der Waals surface area contributed by atoms with Gasteiger partial charge in [0.1, 0.15) is 11.6 Å². The lowest BCUT2D eigenvalue weighted by Gasteiger charge is -2.11. The molecular weight excluding hydrogens is 342 g/mol. The van der Waals surface area contributed by atoms with Gasteiger partial charge in [0, 0.05) is 18.4 Å². The lowest BCUT2D eigenvalue weighted by Crippen LogP contribution is -2.24. The van der Waals surface area contributed by atoms with Crippen LogP contribution in [-0.2, 0) is 17.8 Å². The number of carbonyl (C=O) groups is 1. The molecule has 0 aliphatic carbocycles. The minimum atomic E-state index is -0.436. The number of aryl methyl sites for hydroxylation is 2. The average molecular weight is 363 g/mol. The summed E-state index contributed by atoms with van der Waals surface area (Å²) in [4.78, 5) is 12.3. The zero-order valence-electron chi connectivity index (χ0n) is 15.3. The first-order valence-electron chi connectivity index (χ1n) is 8.74. The van der Waals surface area contributed by atoms with Gasteiger partial charge in [-0.25, -0.2) is 0 Å². The molecule has 0 saturated carbocycles. The van der Waals surface area contributed by atoms with Crippen LogP contribution in [0.15, 0.2) is 48.2 Å². The highest BCUT2D eigenvalue weighted by Gasteiger charge is 2.14. The fourth-order valence-corrected chi connectivity index (χ4v) is 2.85. The Kier molecular flexibility index (Phi) is 5.62. The van der Waals surface area contributed by atoms with Crippen LogP contribution in [-0.4, -0.2) is 12.7 Å². The molecule has 0 unspecified atom stereocenters. The fourth-order valence-electron chi connectivity index (χ4n) is 2.85. The number of hydrogen-bond acceptors (Lipinski definition) is 5. The number of nitriles is 1. The SMILES string of the molecule is CCc1cccc(C)c1N/C=C(/C#N)C(=O)NCc1ccc2c(c1)OCO2.